The Morgan fingerprint density at radius 3 is 2.64 bits per heavy atom. The van der Waals surface area contributed by atoms with Gasteiger partial charge < -0.3 is 14.0 Å². The highest BCUT2D eigenvalue weighted by atomic mass is 28.3. The van der Waals surface area contributed by atoms with Crippen molar-refractivity contribution in [3.8, 4) is 0 Å². The fourth-order valence-electron chi connectivity index (χ4n) is 2.48. The smallest absolute Gasteiger partial charge is 0.122 e. The summed E-state index contributed by atoms with van der Waals surface area (Å²) in [4.78, 5) is 0. The minimum atomic E-state index is -1.00. The molecule has 0 saturated carbocycles. The van der Waals surface area contributed by atoms with E-state index in [-0.39, 0.29) is 0 Å². The van der Waals surface area contributed by atoms with Gasteiger partial charge in [-0.15, -0.1) is 0 Å². The molecular weight excluding hydrogens is 290 g/mol. The van der Waals surface area contributed by atoms with E-state index in [4.69, 9.17) is 9.47 Å². The zero-order valence-corrected chi connectivity index (χ0v) is 15.4. The molecule has 1 aromatic heterocycles. The first-order chi connectivity index (χ1) is 10.5. The van der Waals surface area contributed by atoms with Crippen molar-refractivity contribution in [2.45, 2.75) is 45.3 Å². The molecular formula is C18H29NO2Si. The fourth-order valence-corrected chi connectivity index (χ4v) is 3.24. The molecule has 2 rings (SSSR count). The number of aryl methyl sites for hydroxylation is 1. The molecule has 0 amide bonds. The molecule has 3 nitrogen and oxygen atoms in total. The first-order valence-electron chi connectivity index (χ1n) is 8.14. The van der Waals surface area contributed by atoms with Crippen molar-refractivity contribution in [2.75, 3.05) is 20.3 Å². The summed E-state index contributed by atoms with van der Waals surface area (Å²) in [7, 11) is 0.754. The molecule has 0 atom stereocenters. The highest BCUT2D eigenvalue weighted by Crippen LogP contribution is 2.19. The van der Waals surface area contributed by atoms with Gasteiger partial charge in [0.1, 0.15) is 6.73 Å². The van der Waals surface area contributed by atoms with E-state index >= 15 is 0 Å². The summed E-state index contributed by atoms with van der Waals surface area (Å²) in [6.07, 6.45) is 4.27. The third-order valence-electron chi connectivity index (χ3n) is 3.88. The maximum absolute atomic E-state index is 5.85. The van der Waals surface area contributed by atoms with Crippen LogP contribution in [0.5, 0.6) is 0 Å². The maximum Gasteiger partial charge on any atom is 0.122 e. The van der Waals surface area contributed by atoms with Crippen molar-refractivity contribution < 1.29 is 9.47 Å². The van der Waals surface area contributed by atoms with Gasteiger partial charge in [0.15, 0.2) is 0 Å². The third kappa shape index (κ3) is 5.27. The number of aromatic nitrogens is 1. The lowest BCUT2D eigenvalue weighted by Gasteiger charge is -2.15. The first kappa shape index (κ1) is 17.3. The van der Waals surface area contributed by atoms with Gasteiger partial charge in [-0.25, -0.2) is 0 Å². The average molecular weight is 320 g/mol. The lowest BCUT2D eigenvalue weighted by atomic mass is 10.1. The van der Waals surface area contributed by atoms with Gasteiger partial charge in [0.2, 0.25) is 0 Å². The summed E-state index contributed by atoms with van der Waals surface area (Å²) in [6, 6.07) is 10.1. The Kier molecular flexibility index (Phi) is 6.23. The van der Waals surface area contributed by atoms with E-state index in [0.717, 1.165) is 26.1 Å². The standard InChI is InChI=1S/C18H29NO2Si/c1-20-11-5-6-16-7-8-18-17(14-16)9-10-19(18)15-21-12-13-22(2,3)4/h7-10,14H,5-6,11-13,15H2,1-4H3. The molecule has 0 bridgehead atoms. The molecule has 122 valence electrons. The van der Waals surface area contributed by atoms with Crippen LogP contribution in [0, 0.1) is 0 Å². The largest absolute Gasteiger partial charge is 0.385 e. The number of methoxy groups -OCH3 is 1. The molecule has 0 N–H and O–H groups in total. The molecule has 0 aliphatic rings. The third-order valence-corrected chi connectivity index (χ3v) is 5.58. The molecule has 0 aliphatic carbocycles. The summed E-state index contributed by atoms with van der Waals surface area (Å²) < 4.78 is 13.2. The van der Waals surface area contributed by atoms with E-state index < -0.39 is 8.07 Å². The molecule has 0 spiro atoms. The van der Waals surface area contributed by atoms with Crippen LogP contribution in [0.25, 0.3) is 10.9 Å². The van der Waals surface area contributed by atoms with Crippen molar-refractivity contribution in [3.63, 3.8) is 0 Å². The van der Waals surface area contributed by atoms with E-state index in [1.165, 1.54) is 22.5 Å². The van der Waals surface area contributed by atoms with Gasteiger partial charge >= 0.3 is 0 Å². The highest BCUT2D eigenvalue weighted by Gasteiger charge is 2.12. The Morgan fingerprint density at radius 1 is 1.09 bits per heavy atom. The van der Waals surface area contributed by atoms with E-state index in [9.17, 15) is 0 Å². The van der Waals surface area contributed by atoms with Gasteiger partial charge in [0, 0.05) is 40.1 Å². The molecule has 2 aromatic rings. The van der Waals surface area contributed by atoms with Crippen molar-refractivity contribution in [1.82, 2.24) is 4.57 Å². The number of nitrogens with zero attached hydrogens (tertiary/aromatic N) is 1. The van der Waals surface area contributed by atoms with E-state index in [0.29, 0.717) is 6.73 Å². The molecule has 0 aliphatic heterocycles. The monoisotopic (exact) mass is 319 g/mol. The number of hydrogen-bond donors (Lipinski definition) is 0. The van der Waals surface area contributed by atoms with Crippen LogP contribution in [0.1, 0.15) is 12.0 Å². The normalized spacial score (nSPS) is 12.2. The Bertz CT molecular complexity index is 586. The van der Waals surface area contributed by atoms with Crippen LogP contribution in [0.2, 0.25) is 25.7 Å². The topological polar surface area (TPSA) is 23.4 Å². The van der Waals surface area contributed by atoms with Crippen LogP contribution in [0.4, 0.5) is 0 Å². The maximum atomic E-state index is 5.85. The zero-order chi connectivity index (χ0) is 16.0. The predicted octanol–water partition coefficient (Wildman–Crippen LogP) is 4.53. The number of benzene rings is 1. The van der Waals surface area contributed by atoms with Crippen LogP contribution in [0.15, 0.2) is 30.5 Å². The lowest BCUT2D eigenvalue weighted by molar-refractivity contribution is 0.0902. The van der Waals surface area contributed by atoms with Crippen molar-refractivity contribution in [3.05, 3.63) is 36.0 Å². The SMILES string of the molecule is COCCCc1ccc2c(ccn2COCC[Si](C)(C)C)c1. The number of ether oxygens (including phenoxy) is 2. The number of hydrogen-bond acceptors (Lipinski definition) is 2. The Morgan fingerprint density at radius 2 is 1.91 bits per heavy atom. The Labute approximate surface area is 135 Å². The zero-order valence-electron chi connectivity index (χ0n) is 14.4. The van der Waals surface area contributed by atoms with Gasteiger partial charge in [0.25, 0.3) is 0 Å². The van der Waals surface area contributed by atoms with Crippen LogP contribution >= 0.6 is 0 Å². The molecule has 22 heavy (non-hydrogen) atoms. The molecule has 0 unspecified atom stereocenters. The second-order valence-electron chi connectivity index (χ2n) is 7.12. The summed E-state index contributed by atoms with van der Waals surface area (Å²) in [5.41, 5.74) is 2.63. The second kappa shape index (κ2) is 7.95. The number of fused-ring (bicyclic) bond motifs is 1. The van der Waals surface area contributed by atoms with Crippen LogP contribution in [0.3, 0.4) is 0 Å². The van der Waals surface area contributed by atoms with E-state index in [1.54, 1.807) is 7.11 Å². The van der Waals surface area contributed by atoms with Gasteiger partial charge in [-0.05, 0) is 48.0 Å². The summed E-state index contributed by atoms with van der Waals surface area (Å²) in [5, 5.41) is 1.30. The molecule has 1 aromatic carbocycles. The van der Waals surface area contributed by atoms with Gasteiger partial charge in [0.05, 0.1) is 0 Å². The molecule has 4 heteroatoms. The Hall–Kier alpha value is -1.10. The average Bonchev–Trinajstić information content (AvgIpc) is 2.85. The molecule has 1 heterocycles. The summed E-state index contributed by atoms with van der Waals surface area (Å²) >= 11 is 0. The van der Waals surface area contributed by atoms with Gasteiger partial charge in [-0.2, -0.15) is 0 Å². The molecule has 0 fully saturated rings. The highest BCUT2D eigenvalue weighted by molar-refractivity contribution is 6.76. The summed E-state index contributed by atoms with van der Waals surface area (Å²) in [5.74, 6) is 0. The Balaban J connectivity index is 1.92. The van der Waals surface area contributed by atoms with E-state index in [1.807, 2.05) is 0 Å². The van der Waals surface area contributed by atoms with E-state index in [2.05, 4.69) is 54.7 Å². The van der Waals surface area contributed by atoms with Gasteiger partial charge in [-0.1, -0.05) is 25.7 Å². The summed E-state index contributed by atoms with van der Waals surface area (Å²) in [6.45, 7) is 9.48. The predicted molar refractivity (Wildman–Crippen MR) is 96.2 cm³/mol. The van der Waals surface area contributed by atoms with Crippen LogP contribution in [-0.2, 0) is 22.6 Å². The first-order valence-corrected chi connectivity index (χ1v) is 11.8. The minimum absolute atomic E-state index is 0.650. The van der Waals surface area contributed by atoms with Crippen molar-refractivity contribution in [1.29, 1.82) is 0 Å². The molecule has 0 saturated heterocycles. The second-order valence-corrected chi connectivity index (χ2v) is 12.7. The molecule has 0 radical (unpaired) electrons. The van der Waals surface area contributed by atoms with Crippen LogP contribution < -0.4 is 0 Å². The van der Waals surface area contributed by atoms with Crippen LogP contribution in [-0.4, -0.2) is 33.0 Å². The van der Waals surface area contributed by atoms with Crippen molar-refractivity contribution >= 4 is 19.0 Å². The fraction of sp³-hybridized carbons (Fsp3) is 0.556. The number of rotatable bonds is 9. The minimum Gasteiger partial charge on any atom is -0.385 e. The van der Waals surface area contributed by atoms with Gasteiger partial charge in [-0.3, -0.25) is 0 Å². The quantitative estimate of drug-likeness (QED) is 0.500. The van der Waals surface area contributed by atoms with Crippen molar-refractivity contribution in [2.24, 2.45) is 0 Å². The lowest BCUT2D eigenvalue weighted by Crippen LogP contribution is -2.21.